The maximum atomic E-state index is 8.88. The van der Waals surface area contributed by atoms with Crippen molar-refractivity contribution < 1.29 is 5.11 Å². The lowest BCUT2D eigenvalue weighted by Crippen LogP contribution is -2.29. The van der Waals surface area contributed by atoms with Gasteiger partial charge in [0.25, 0.3) is 0 Å². The van der Waals surface area contributed by atoms with Crippen LogP contribution < -0.4 is 5.32 Å². The third-order valence-electron chi connectivity index (χ3n) is 2.97. The Bertz CT molecular complexity index is 293. The molecular weight excluding hydrogens is 192 g/mol. The Balaban J connectivity index is 1.93. The Morgan fingerprint density at radius 2 is 2.27 bits per heavy atom. The van der Waals surface area contributed by atoms with Crippen LogP contribution in [0.1, 0.15) is 18.7 Å². The van der Waals surface area contributed by atoms with Crippen LogP contribution in [0.25, 0.3) is 0 Å². The summed E-state index contributed by atoms with van der Waals surface area (Å²) in [5.74, 6) is 1.73. The maximum absolute atomic E-state index is 8.88. The van der Waals surface area contributed by atoms with E-state index in [4.69, 9.17) is 5.11 Å². The Hall–Kier alpha value is -0.940. The fourth-order valence-corrected chi connectivity index (χ4v) is 2.08. The van der Waals surface area contributed by atoms with Gasteiger partial charge in [-0.25, -0.2) is 0 Å². The zero-order valence-electron chi connectivity index (χ0n) is 8.89. The highest BCUT2D eigenvalue weighted by molar-refractivity contribution is 4.89. The van der Waals surface area contributed by atoms with Crippen molar-refractivity contribution in [2.45, 2.75) is 25.8 Å². The average molecular weight is 210 g/mol. The number of aliphatic hydroxyl groups excluding tert-OH is 1. The SMILES string of the molecule is OCCn1cnnc1CC1CCNCC1. The number of aromatic nitrogens is 3. The topological polar surface area (TPSA) is 63.0 Å². The fraction of sp³-hybridized carbons (Fsp3) is 0.800. The van der Waals surface area contributed by atoms with E-state index < -0.39 is 0 Å². The van der Waals surface area contributed by atoms with E-state index in [-0.39, 0.29) is 6.61 Å². The number of piperidine rings is 1. The molecule has 1 aromatic rings. The van der Waals surface area contributed by atoms with Crippen molar-refractivity contribution in [3.8, 4) is 0 Å². The molecule has 1 aliphatic heterocycles. The Morgan fingerprint density at radius 3 is 3.00 bits per heavy atom. The van der Waals surface area contributed by atoms with Crippen LogP contribution in [0.4, 0.5) is 0 Å². The summed E-state index contributed by atoms with van der Waals surface area (Å²) in [6.45, 7) is 2.97. The highest BCUT2D eigenvalue weighted by atomic mass is 16.3. The molecule has 0 radical (unpaired) electrons. The molecule has 0 spiro atoms. The summed E-state index contributed by atoms with van der Waals surface area (Å²) in [6.07, 6.45) is 5.12. The summed E-state index contributed by atoms with van der Waals surface area (Å²) in [6, 6.07) is 0. The minimum atomic E-state index is 0.150. The highest BCUT2D eigenvalue weighted by Crippen LogP contribution is 2.16. The largest absolute Gasteiger partial charge is 0.395 e. The molecule has 0 aliphatic carbocycles. The first-order valence-electron chi connectivity index (χ1n) is 5.58. The van der Waals surface area contributed by atoms with Crippen LogP contribution in [0.3, 0.4) is 0 Å². The van der Waals surface area contributed by atoms with Crippen LogP contribution in [0, 0.1) is 5.92 Å². The van der Waals surface area contributed by atoms with E-state index in [1.54, 1.807) is 6.33 Å². The third-order valence-corrected chi connectivity index (χ3v) is 2.97. The molecule has 5 nitrogen and oxygen atoms in total. The fourth-order valence-electron chi connectivity index (χ4n) is 2.08. The Morgan fingerprint density at radius 1 is 1.47 bits per heavy atom. The number of nitrogens with one attached hydrogen (secondary N) is 1. The second-order valence-electron chi connectivity index (χ2n) is 4.06. The standard InChI is InChI=1S/C10H18N4O/c15-6-5-14-8-12-13-10(14)7-9-1-3-11-4-2-9/h8-9,11,15H,1-7H2. The van der Waals surface area contributed by atoms with Crippen molar-refractivity contribution in [3.63, 3.8) is 0 Å². The van der Waals surface area contributed by atoms with Gasteiger partial charge in [-0.1, -0.05) is 0 Å². The molecule has 15 heavy (non-hydrogen) atoms. The monoisotopic (exact) mass is 210 g/mol. The van der Waals surface area contributed by atoms with E-state index in [9.17, 15) is 0 Å². The van der Waals surface area contributed by atoms with Crippen molar-refractivity contribution >= 4 is 0 Å². The van der Waals surface area contributed by atoms with Gasteiger partial charge in [0.15, 0.2) is 0 Å². The Kier molecular flexibility index (Phi) is 3.69. The number of nitrogens with zero attached hydrogens (tertiary/aromatic N) is 3. The molecule has 0 unspecified atom stereocenters. The van der Waals surface area contributed by atoms with Gasteiger partial charge in [-0.15, -0.1) is 10.2 Å². The summed E-state index contributed by atoms with van der Waals surface area (Å²) < 4.78 is 1.95. The van der Waals surface area contributed by atoms with Gasteiger partial charge < -0.3 is 15.0 Å². The van der Waals surface area contributed by atoms with Gasteiger partial charge in [0.2, 0.25) is 0 Å². The van der Waals surface area contributed by atoms with Crippen LogP contribution in [0.2, 0.25) is 0 Å². The Labute approximate surface area is 89.5 Å². The summed E-state index contributed by atoms with van der Waals surface area (Å²) in [5, 5.41) is 20.2. The lowest BCUT2D eigenvalue weighted by Gasteiger charge is -2.22. The van der Waals surface area contributed by atoms with E-state index in [1.807, 2.05) is 4.57 Å². The molecule has 1 fully saturated rings. The molecule has 5 heteroatoms. The van der Waals surface area contributed by atoms with Crippen molar-refractivity contribution in [1.82, 2.24) is 20.1 Å². The molecule has 1 aliphatic rings. The predicted molar refractivity (Wildman–Crippen MR) is 56.4 cm³/mol. The molecule has 1 saturated heterocycles. The lowest BCUT2D eigenvalue weighted by molar-refractivity contribution is 0.271. The van der Waals surface area contributed by atoms with Gasteiger partial charge in [0.05, 0.1) is 6.61 Å². The molecule has 1 aromatic heterocycles. The molecular formula is C10H18N4O. The number of hydrogen-bond donors (Lipinski definition) is 2. The second kappa shape index (κ2) is 5.23. The quantitative estimate of drug-likeness (QED) is 0.723. The van der Waals surface area contributed by atoms with Crippen molar-refractivity contribution in [2.75, 3.05) is 19.7 Å². The zero-order chi connectivity index (χ0) is 10.5. The van der Waals surface area contributed by atoms with Crippen LogP contribution in [-0.2, 0) is 13.0 Å². The highest BCUT2D eigenvalue weighted by Gasteiger charge is 2.16. The first kappa shape index (κ1) is 10.6. The predicted octanol–water partition coefficient (Wildman–Crippen LogP) is -0.188. The zero-order valence-corrected chi connectivity index (χ0v) is 8.89. The maximum Gasteiger partial charge on any atom is 0.133 e. The molecule has 2 heterocycles. The third kappa shape index (κ3) is 2.76. The minimum absolute atomic E-state index is 0.150. The summed E-state index contributed by atoms with van der Waals surface area (Å²) in [7, 11) is 0. The first-order valence-corrected chi connectivity index (χ1v) is 5.58. The second-order valence-corrected chi connectivity index (χ2v) is 4.06. The summed E-state index contributed by atoms with van der Waals surface area (Å²) in [5.41, 5.74) is 0. The molecule has 0 saturated carbocycles. The summed E-state index contributed by atoms with van der Waals surface area (Å²) in [4.78, 5) is 0. The smallest absolute Gasteiger partial charge is 0.133 e. The first-order chi connectivity index (χ1) is 7.40. The molecule has 0 amide bonds. The van der Waals surface area contributed by atoms with Crippen LogP contribution in [0.15, 0.2) is 6.33 Å². The van der Waals surface area contributed by atoms with Crippen LogP contribution in [-0.4, -0.2) is 39.6 Å². The van der Waals surface area contributed by atoms with Crippen molar-refractivity contribution in [2.24, 2.45) is 5.92 Å². The number of hydrogen-bond acceptors (Lipinski definition) is 4. The molecule has 0 bridgehead atoms. The molecule has 0 atom stereocenters. The van der Waals surface area contributed by atoms with E-state index in [2.05, 4.69) is 15.5 Å². The van der Waals surface area contributed by atoms with Gasteiger partial charge in [-0.3, -0.25) is 0 Å². The van der Waals surface area contributed by atoms with Crippen LogP contribution in [0.5, 0.6) is 0 Å². The number of aliphatic hydroxyl groups is 1. The molecule has 84 valence electrons. The molecule has 0 aromatic carbocycles. The van der Waals surface area contributed by atoms with Crippen LogP contribution >= 0.6 is 0 Å². The van der Waals surface area contributed by atoms with Gasteiger partial charge in [-0.05, 0) is 31.8 Å². The average Bonchev–Trinajstić information content (AvgIpc) is 2.68. The van der Waals surface area contributed by atoms with E-state index >= 15 is 0 Å². The van der Waals surface area contributed by atoms with Crippen molar-refractivity contribution in [3.05, 3.63) is 12.2 Å². The number of rotatable bonds is 4. The normalized spacial score (nSPS) is 18.2. The van der Waals surface area contributed by atoms with E-state index in [0.717, 1.165) is 25.3 Å². The van der Waals surface area contributed by atoms with Crippen molar-refractivity contribution in [1.29, 1.82) is 0 Å². The van der Waals surface area contributed by atoms with E-state index in [0.29, 0.717) is 12.5 Å². The minimum Gasteiger partial charge on any atom is -0.395 e. The molecule has 2 N–H and O–H groups in total. The lowest BCUT2D eigenvalue weighted by atomic mass is 9.94. The van der Waals surface area contributed by atoms with Gasteiger partial charge in [0.1, 0.15) is 12.2 Å². The summed E-state index contributed by atoms with van der Waals surface area (Å²) >= 11 is 0. The van der Waals surface area contributed by atoms with E-state index in [1.165, 1.54) is 12.8 Å². The van der Waals surface area contributed by atoms with Gasteiger partial charge in [-0.2, -0.15) is 0 Å². The van der Waals surface area contributed by atoms with Gasteiger partial charge in [0, 0.05) is 13.0 Å². The van der Waals surface area contributed by atoms with Gasteiger partial charge >= 0.3 is 0 Å². The molecule has 2 rings (SSSR count).